The SMILES string of the molecule is COC(=O)[C@H](C)NC[C@H](c1ccccc1)c1c[nH]c2ccccc12. The Bertz CT molecular complexity index is 811. The highest BCUT2D eigenvalue weighted by atomic mass is 16.5. The summed E-state index contributed by atoms with van der Waals surface area (Å²) in [5.74, 6) is -0.102. The van der Waals surface area contributed by atoms with Gasteiger partial charge >= 0.3 is 5.97 Å². The van der Waals surface area contributed by atoms with Crippen molar-refractivity contribution in [1.82, 2.24) is 10.3 Å². The minimum Gasteiger partial charge on any atom is -0.468 e. The Labute approximate surface area is 141 Å². The average Bonchev–Trinajstić information content (AvgIpc) is 3.06. The molecule has 0 amide bonds. The molecule has 2 aromatic carbocycles. The Morgan fingerprint density at radius 1 is 1.12 bits per heavy atom. The second kappa shape index (κ2) is 7.32. The minimum absolute atomic E-state index is 0.148. The van der Waals surface area contributed by atoms with Crippen LogP contribution in [0.3, 0.4) is 0 Å². The van der Waals surface area contributed by atoms with Gasteiger partial charge in [-0.15, -0.1) is 0 Å². The van der Waals surface area contributed by atoms with Crippen molar-refractivity contribution in [2.24, 2.45) is 0 Å². The summed E-state index contributed by atoms with van der Waals surface area (Å²) in [5, 5.41) is 4.50. The van der Waals surface area contributed by atoms with Crippen molar-refractivity contribution in [1.29, 1.82) is 0 Å². The van der Waals surface area contributed by atoms with Crippen LogP contribution in [-0.2, 0) is 9.53 Å². The van der Waals surface area contributed by atoms with Crippen molar-refractivity contribution in [2.75, 3.05) is 13.7 Å². The summed E-state index contributed by atoms with van der Waals surface area (Å²) in [6.07, 6.45) is 2.06. The van der Waals surface area contributed by atoms with Gasteiger partial charge in [0, 0.05) is 29.6 Å². The Hall–Kier alpha value is -2.59. The Kier molecular flexibility index (Phi) is 4.96. The number of fused-ring (bicyclic) bond motifs is 1. The molecule has 0 saturated heterocycles. The van der Waals surface area contributed by atoms with Crippen molar-refractivity contribution in [2.45, 2.75) is 18.9 Å². The number of aromatic nitrogens is 1. The average molecular weight is 322 g/mol. The fourth-order valence-electron chi connectivity index (χ4n) is 3.03. The van der Waals surface area contributed by atoms with Crippen LogP contribution in [-0.4, -0.2) is 30.6 Å². The van der Waals surface area contributed by atoms with E-state index in [1.54, 1.807) is 0 Å². The minimum atomic E-state index is -0.341. The number of carbonyl (C=O) groups excluding carboxylic acids is 1. The maximum Gasteiger partial charge on any atom is 0.322 e. The first-order valence-corrected chi connectivity index (χ1v) is 8.13. The zero-order valence-corrected chi connectivity index (χ0v) is 14.0. The number of para-hydroxylation sites is 1. The highest BCUT2D eigenvalue weighted by Gasteiger charge is 2.20. The fraction of sp³-hybridized carbons (Fsp3) is 0.250. The van der Waals surface area contributed by atoms with Gasteiger partial charge < -0.3 is 15.0 Å². The predicted octanol–water partition coefficient (Wildman–Crippen LogP) is 3.45. The van der Waals surface area contributed by atoms with Crippen molar-refractivity contribution < 1.29 is 9.53 Å². The van der Waals surface area contributed by atoms with Gasteiger partial charge in [-0.1, -0.05) is 48.5 Å². The van der Waals surface area contributed by atoms with Crippen LogP contribution < -0.4 is 5.32 Å². The number of carbonyl (C=O) groups is 1. The molecule has 24 heavy (non-hydrogen) atoms. The monoisotopic (exact) mass is 322 g/mol. The molecule has 3 aromatic rings. The van der Waals surface area contributed by atoms with Gasteiger partial charge in [0.2, 0.25) is 0 Å². The second-order valence-corrected chi connectivity index (χ2v) is 5.91. The highest BCUT2D eigenvalue weighted by Crippen LogP contribution is 2.30. The summed E-state index contributed by atoms with van der Waals surface area (Å²) < 4.78 is 4.80. The molecule has 0 bridgehead atoms. The van der Waals surface area contributed by atoms with Crippen LogP contribution in [0.15, 0.2) is 60.8 Å². The van der Waals surface area contributed by atoms with E-state index in [2.05, 4.69) is 40.8 Å². The van der Waals surface area contributed by atoms with E-state index < -0.39 is 0 Å². The first kappa shape index (κ1) is 16.3. The molecule has 0 aliphatic rings. The summed E-state index contributed by atoms with van der Waals surface area (Å²) in [7, 11) is 1.41. The molecule has 4 nitrogen and oxygen atoms in total. The number of benzene rings is 2. The molecule has 4 heteroatoms. The van der Waals surface area contributed by atoms with Gasteiger partial charge in [-0.05, 0) is 24.1 Å². The lowest BCUT2D eigenvalue weighted by atomic mass is 9.90. The van der Waals surface area contributed by atoms with Crippen molar-refractivity contribution >= 4 is 16.9 Å². The lowest BCUT2D eigenvalue weighted by Gasteiger charge is -2.20. The zero-order chi connectivity index (χ0) is 16.9. The molecule has 2 atom stereocenters. The molecule has 0 fully saturated rings. The summed E-state index contributed by atoms with van der Waals surface area (Å²) in [6, 6.07) is 18.3. The smallest absolute Gasteiger partial charge is 0.322 e. The largest absolute Gasteiger partial charge is 0.468 e. The van der Waals surface area contributed by atoms with Gasteiger partial charge in [-0.2, -0.15) is 0 Å². The lowest BCUT2D eigenvalue weighted by molar-refractivity contribution is -0.142. The molecule has 124 valence electrons. The summed E-state index contributed by atoms with van der Waals surface area (Å²) >= 11 is 0. The molecule has 0 saturated carbocycles. The maximum absolute atomic E-state index is 11.7. The molecule has 0 aliphatic heterocycles. The number of H-pyrrole nitrogens is 1. The van der Waals surface area contributed by atoms with Crippen LogP contribution in [0.25, 0.3) is 10.9 Å². The van der Waals surface area contributed by atoms with Gasteiger partial charge in [-0.3, -0.25) is 4.79 Å². The number of aromatic amines is 1. The number of hydrogen-bond acceptors (Lipinski definition) is 3. The van der Waals surface area contributed by atoms with Gasteiger partial charge in [0.25, 0.3) is 0 Å². The molecular formula is C20H22N2O2. The van der Waals surface area contributed by atoms with E-state index in [1.165, 1.54) is 23.6 Å². The normalized spacial score (nSPS) is 13.6. The third-order valence-electron chi connectivity index (χ3n) is 4.38. The number of rotatable bonds is 6. The third-order valence-corrected chi connectivity index (χ3v) is 4.38. The van der Waals surface area contributed by atoms with E-state index in [1.807, 2.05) is 37.3 Å². The van der Waals surface area contributed by atoms with Crippen molar-refractivity contribution in [3.05, 3.63) is 71.9 Å². The van der Waals surface area contributed by atoms with Crippen molar-refractivity contribution in [3.63, 3.8) is 0 Å². The Morgan fingerprint density at radius 2 is 1.83 bits per heavy atom. The van der Waals surface area contributed by atoms with Gasteiger partial charge in [0.05, 0.1) is 7.11 Å². The van der Waals surface area contributed by atoms with Crippen LogP contribution in [0.2, 0.25) is 0 Å². The van der Waals surface area contributed by atoms with E-state index in [-0.39, 0.29) is 17.9 Å². The van der Waals surface area contributed by atoms with E-state index in [9.17, 15) is 4.79 Å². The molecule has 0 unspecified atom stereocenters. The highest BCUT2D eigenvalue weighted by molar-refractivity contribution is 5.84. The van der Waals surface area contributed by atoms with Crippen LogP contribution >= 0.6 is 0 Å². The van der Waals surface area contributed by atoms with E-state index >= 15 is 0 Å². The Morgan fingerprint density at radius 3 is 2.58 bits per heavy atom. The van der Waals surface area contributed by atoms with E-state index in [0.717, 1.165) is 5.52 Å². The number of nitrogens with one attached hydrogen (secondary N) is 2. The number of esters is 1. The van der Waals surface area contributed by atoms with E-state index in [0.29, 0.717) is 6.54 Å². The predicted molar refractivity (Wildman–Crippen MR) is 96.1 cm³/mol. The number of ether oxygens (including phenoxy) is 1. The first-order valence-electron chi connectivity index (χ1n) is 8.13. The lowest BCUT2D eigenvalue weighted by Crippen LogP contribution is -2.37. The number of hydrogen-bond donors (Lipinski definition) is 2. The fourth-order valence-corrected chi connectivity index (χ4v) is 3.03. The van der Waals surface area contributed by atoms with Gasteiger partial charge in [0.1, 0.15) is 6.04 Å². The molecule has 0 spiro atoms. The van der Waals surface area contributed by atoms with Crippen LogP contribution in [0.5, 0.6) is 0 Å². The molecule has 3 rings (SSSR count). The van der Waals surface area contributed by atoms with E-state index in [4.69, 9.17) is 4.74 Å². The zero-order valence-electron chi connectivity index (χ0n) is 14.0. The third kappa shape index (κ3) is 3.34. The Balaban J connectivity index is 1.92. The summed E-state index contributed by atoms with van der Waals surface area (Å²) in [5.41, 5.74) is 3.56. The molecule has 0 radical (unpaired) electrons. The molecular weight excluding hydrogens is 300 g/mol. The van der Waals surface area contributed by atoms with Gasteiger partial charge in [-0.25, -0.2) is 0 Å². The molecule has 1 aromatic heterocycles. The van der Waals surface area contributed by atoms with Crippen LogP contribution in [0.1, 0.15) is 24.0 Å². The molecule has 0 aliphatic carbocycles. The first-order chi connectivity index (χ1) is 11.7. The van der Waals surface area contributed by atoms with Crippen LogP contribution in [0.4, 0.5) is 0 Å². The summed E-state index contributed by atoms with van der Waals surface area (Å²) in [4.78, 5) is 15.0. The van der Waals surface area contributed by atoms with Crippen LogP contribution in [0, 0.1) is 0 Å². The second-order valence-electron chi connectivity index (χ2n) is 5.91. The maximum atomic E-state index is 11.7. The summed E-state index contributed by atoms with van der Waals surface area (Å²) in [6.45, 7) is 2.48. The topological polar surface area (TPSA) is 54.1 Å². The molecule has 1 heterocycles. The molecule has 2 N–H and O–H groups in total. The number of methoxy groups -OCH3 is 1. The quantitative estimate of drug-likeness (QED) is 0.684. The van der Waals surface area contributed by atoms with Crippen molar-refractivity contribution in [3.8, 4) is 0 Å². The van der Waals surface area contributed by atoms with Gasteiger partial charge in [0.15, 0.2) is 0 Å². The standard InChI is InChI=1S/C20H22N2O2/c1-14(20(23)24-2)21-12-17(15-8-4-3-5-9-15)18-13-22-19-11-7-6-10-16(18)19/h3-11,13-14,17,21-22H,12H2,1-2H3/t14-,17+/m0/s1.